The first-order chi connectivity index (χ1) is 14.3. The molecule has 30 heavy (non-hydrogen) atoms. The summed E-state index contributed by atoms with van der Waals surface area (Å²) in [5.74, 6) is -3.71. The van der Waals surface area contributed by atoms with E-state index in [1.54, 1.807) is 11.8 Å². The van der Waals surface area contributed by atoms with E-state index in [0.29, 0.717) is 18.7 Å². The molecule has 1 aromatic carbocycles. The van der Waals surface area contributed by atoms with Gasteiger partial charge in [0.25, 0.3) is 11.8 Å². The quantitative estimate of drug-likeness (QED) is 0.802. The number of aromatic hydroxyl groups is 1. The third kappa shape index (κ3) is 3.34. The van der Waals surface area contributed by atoms with Crippen molar-refractivity contribution in [3.63, 3.8) is 0 Å². The zero-order chi connectivity index (χ0) is 21.6. The smallest absolute Gasteiger partial charge is 0.274 e. The average Bonchev–Trinajstić information content (AvgIpc) is 2.91. The lowest BCUT2D eigenvalue weighted by Crippen LogP contribution is -2.44. The highest BCUT2D eigenvalue weighted by Gasteiger charge is 2.36. The summed E-state index contributed by atoms with van der Waals surface area (Å²) in [7, 11) is 0. The zero-order valence-corrected chi connectivity index (χ0v) is 16.4. The third-order valence-corrected chi connectivity index (χ3v) is 5.70. The van der Waals surface area contributed by atoms with Gasteiger partial charge in [-0.15, -0.1) is 0 Å². The van der Waals surface area contributed by atoms with Gasteiger partial charge in [-0.2, -0.15) is 0 Å². The molecular weight excluding hydrogens is 396 g/mol. The molecule has 4 rings (SSSR count). The first kappa shape index (κ1) is 20.1. The van der Waals surface area contributed by atoms with E-state index >= 15 is 0 Å². The number of hydrogen-bond donors (Lipinski definition) is 2. The predicted molar refractivity (Wildman–Crippen MR) is 103 cm³/mol. The number of pyridine rings is 1. The molecule has 1 fully saturated rings. The first-order valence-corrected chi connectivity index (χ1v) is 9.78. The molecule has 3 heterocycles. The summed E-state index contributed by atoms with van der Waals surface area (Å²) in [4.78, 5) is 39.5. The average molecular weight is 417 g/mol. The van der Waals surface area contributed by atoms with E-state index in [4.69, 9.17) is 0 Å². The Morgan fingerprint density at radius 3 is 2.63 bits per heavy atom. The molecule has 2 aliphatic heterocycles. The van der Waals surface area contributed by atoms with Crippen molar-refractivity contribution < 1.29 is 23.5 Å². The molecule has 9 heteroatoms. The van der Waals surface area contributed by atoms with E-state index < -0.39 is 41.2 Å². The first-order valence-electron chi connectivity index (χ1n) is 9.78. The highest BCUT2D eigenvalue weighted by molar-refractivity contribution is 5.99. The summed E-state index contributed by atoms with van der Waals surface area (Å²) >= 11 is 0. The summed E-state index contributed by atoms with van der Waals surface area (Å²) < 4.78 is 29.5. The highest BCUT2D eigenvalue weighted by Crippen LogP contribution is 2.31. The van der Waals surface area contributed by atoms with E-state index in [9.17, 15) is 28.3 Å². The summed E-state index contributed by atoms with van der Waals surface area (Å²) in [6.07, 6.45) is 3.69. The van der Waals surface area contributed by atoms with Crippen LogP contribution in [0.1, 0.15) is 57.3 Å². The van der Waals surface area contributed by atoms with Crippen LogP contribution in [0.4, 0.5) is 8.78 Å². The van der Waals surface area contributed by atoms with Crippen LogP contribution in [0.2, 0.25) is 0 Å². The maximum Gasteiger partial charge on any atom is 0.274 e. The Morgan fingerprint density at radius 2 is 1.93 bits per heavy atom. The van der Waals surface area contributed by atoms with E-state index in [1.807, 2.05) is 0 Å². The van der Waals surface area contributed by atoms with Crippen molar-refractivity contribution in [1.29, 1.82) is 0 Å². The second-order valence-corrected chi connectivity index (χ2v) is 7.77. The van der Waals surface area contributed by atoms with Crippen LogP contribution in [-0.2, 0) is 6.54 Å². The number of aryl methyl sites for hydroxylation is 1. The summed E-state index contributed by atoms with van der Waals surface area (Å²) in [5.41, 5.74) is -1.41. The number of carbonyl (C=O) groups excluding carboxylic acids is 2. The summed E-state index contributed by atoms with van der Waals surface area (Å²) in [5, 5.41) is 12.7. The number of amides is 2. The molecule has 0 spiro atoms. The number of nitrogens with one attached hydrogen (secondary N) is 1. The van der Waals surface area contributed by atoms with Gasteiger partial charge in [-0.1, -0.05) is 0 Å². The lowest BCUT2D eigenvalue weighted by molar-refractivity contribution is 0.0677. The molecule has 2 bridgehead atoms. The lowest BCUT2D eigenvalue weighted by atomic mass is 10.1. The van der Waals surface area contributed by atoms with Crippen molar-refractivity contribution in [3.8, 4) is 5.75 Å². The number of nitrogens with zero attached hydrogens (tertiary/aromatic N) is 2. The summed E-state index contributed by atoms with van der Waals surface area (Å²) in [6, 6.07) is 2.13. The Morgan fingerprint density at radius 1 is 1.23 bits per heavy atom. The van der Waals surface area contributed by atoms with Gasteiger partial charge in [0.1, 0.15) is 17.2 Å². The topological polar surface area (TPSA) is 91.6 Å². The second kappa shape index (κ2) is 7.55. The summed E-state index contributed by atoms with van der Waals surface area (Å²) in [6.45, 7) is 2.07. The molecule has 2 aromatic rings. The second-order valence-electron chi connectivity index (χ2n) is 7.77. The van der Waals surface area contributed by atoms with Crippen LogP contribution in [0, 0.1) is 18.6 Å². The van der Waals surface area contributed by atoms with Crippen molar-refractivity contribution in [2.24, 2.45) is 0 Å². The fraction of sp³-hybridized carbons (Fsp3) is 0.381. The largest absolute Gasteiger partial charge is 0.503 e. The highest BCUT2D eigenvalue weighted by atomic mass is 19.1. The van der Waals surface area contributed by atoms with Crippen molar-refractivity contribution in [2.45, 2.75) is 38.8 Å². The molecule has 7 nitrogen and oxygen atoms in total. The van der Waals surface area contributed by atoms with Crippen LogP contribution in [-0.4, -0.2) is 39.5 Å². The Hall–Kier alpha value is -3.23. The van der Waals surface area contributed by atoms with Crippen molar-refractivity contribution >= 4 is 11.8 Å². The molecule has 1 atom stereocenters. The minimum Gasteiger partial charge on any atom is -0.503 e. The fourth-order valence-corrected chi connectivity index (χ4v) is 4.12. The minimum atomic E-state index is -0.989. The normalized spacial score (nSPS) is 18.0. The molecule has 0 radical (unpaired) electrons. The van der Waals surface area contributed by atoms with E-state index in [-0.39, 0.29) is 22.9 Å². The Balaban J connectivity index is 1.67. The molecule has 2 aliphatic rings. The molecular formula is C21H21F2N3O4. The zero-order valence-electron chi connectivity index (χ0n) is 16.4. The Bertz CT molecular complexity index is 1090. The number of aromatic nitrogens is 1. The molecule has 0 aliphatic carbocycles. The van der Waals surface area contributed by atoms with Gasteiger partial charge in [-0.05, 0) is 43.9 Å². The Labute approximate surface area is 170 Å². The van der Waals surface area contributed by atoms with E-state index in [0.717, 1.165) is 31.4 Å². The molecule has 1 aromatic heterocycles. The molecule has 2 N–H and O–H groups in total. The molecule has 1 saturated heterocycles. The lowest BCUT2D eigenvalue weighted by Gasteiger charge is -2.34. The van der Waals surface area contributed by atoms with Gasteiger partial charge in [-0.3, -0.25) is 14.4 Å². The van der Waals surface area contributed by atoms with Crippen molar-refractivity contribution in [2.75, 3.05) is 13.1 Å². The maximum atomic E-state index is 14.0. The van der Waals surface area contributed by atoms with Gasteiger partial charge < -0.3 is 19.9 Å². The van der Waals surface area contributed by atoms with Crippen LogP contribution in [0.5, 0.6) is 5.75 Å². The van der Waals surface area contributed by atoms with E-state index in [1.165, 1.54) is 10.8 Å². The van der Waals surface area contributed by atoms with Crippen LogP contribution >= 0.6 is 0 Å². The predicted octanol–water partition coefficient (Wildman–Crippen LogP) is 2.25. The number of hydrogen-bond acceptors (Lipinski definition) is 4. The standard InChI is InChI=1S/C21H21F2N3O4/c1-11-6-15(22)13(16(23)7-11)8-24-20(29)14-10-26-12-4-2-3-5-25(9-12)21(30)17(26)19(28)18(14)27/h6-7,10,12,28H,2-5,8-9H2,1H3,(H,24,29). The Kier molecular flexibility index (Phi) is 5.05. The van der Waals surface area contributed by atoms with Crippen LogP contribution in [0.25, 0.3) is 0 Å². The number of fused-ring (bicyclic) bond motifs is 4. The molecule has 1 unspecified atom stereocenters. The molecule has 158 valence electrons. The van der Waals surface area contributed by atoms with Crippen molar-refractivity contribution in [1.82, 2.24) is 14.8 Å². The SMILES string of the molecule is Cc1cc(F)c(CNC(=O)c2cn3c(c(O)c2=O)C(=O)N2CCCCC3C2)c(F)c1. The molecule has 2 amide bonds. The van der Waals surface area contributed by atoms with Gasteiger partial charge in [-0.25, -0.2) is 8.78 Å². The van der Waals surface area contributed by atoms with Gasteiger partial charge in [0.15, 0.2) is 11.4 Å². The number of carbonyl (C=O) groups is 2. The van der Waals surface area contributed by atoms with Gasteiger partial charge in [0.2, 0.25) is 5.43 Å². The van der Waals surface area contributed by atoms with E-state index in [2.05, 4.69) is 5.32 Å². The third-order valence-electron chi connectivity index (χ3n) is 5.70. The van der Waals surface area contributed by atoms with Crippen LogP contribution < -0.4 is 10.7 Å². The van der Waals surface area contributed by atoms with Gasteiger partial charge in [0.05, 0.1) is 6.04 Å². The number of rotatable bonds is 3. The van der Waals surface area contributed by atoms with Crippen molar-refractivity contribution in [3.05, 3.63) is 62.6 Å². The minimum absolute atomic E-state index is 0.120. The van der Waals surface area contributed by atoms with Crippen LogP contribution in [0.15, 0.2) is 23.1 Å². The van der Waals surface area contributed by atoms with Gasteiger partial charge >= 0.3 is 0 Å². The van der Waals surface area contributed by atoms with Gasteiger partial charge in [0, 0.05) is 31.4 Å². The fourth-order valence-electron chi connectivity index (χ4n) is 4.12. The molecule has 0 saturated carbocycles. The number of halogens is 2. The maximum absolute atomic E-state index is 14.0. The van der Waals surface area contributed by atoms with Crippen LogP contribution in [0.3, 0.4) is 0 Å². The number of benzene rings is 1. The monoisotopic (exact) mass is 417 g/mol.